The summed E-state index contributed by atoms with van der Waals surface area (Å²) >= 11 is 0. The van der Waals surface area contributed by atoms with Crippen LogP contribution < -0.4 is 16.6 Å². The van der Waals surface area contributed by atoms with Gasteiger partial charge in [-0.1, -0.05) is 0 Å². The Bertz CT molecular complexity index is 569. The first-order valence-corrected chi connectivity index (χ1v) is 4.66. The molecule has 2 rings (SSSR count). The number of aromatic amines is 2. The summed E-state index contributed by atoms with van der Waals surface area (Å²) in [4.78, 5) is 24.1. The summed E-state index contributed by atoms with van der Waals surface area (Å²) in [5.74, 6) is 0.718. The fourth-order valence-electron chi connectivity index (χ4n) is 1.26. The molecule has 0 spiro atoms. The second kappa shape index (κ2) is 4.05. The number of nitrogens with zero attached hydrogens (tertiary/aromatic N) is 1. The molecule has 0 aliphatic rings. The maximum Gasteiger partial charge on any atom is 0.342 e. The van der Waals surface area contributed by atoms with Crippen LogP contribution in [0.4, 0.5) is 5.82 Å². The zero-order valence-electron chi connectivity index (χ0n) is 8.48. The smallest absolute Gasteiger partial charge is 0.342 e. The maximum atomic E-state index is 11.3. The molecule has 0 aliphatic carbocycles. The molecule has 0 fully saturated rings. The molecule has 0 radical (unpaired) electrons. The molecule has 0 saturated heterocycles. The summed E-state index contributed by atoms with van der Waals surface area (Å²) in [6.07, 6.45) is 1.54. The summed E-state index contributed by atoms with van der Waals surface area (Å²) < 4.78 is 5.16. The van der Waals surface area contributed by atoms with E-state index in [1.54, 1.807) is 12.1 Å². The predicted molar refractivity (Wildman–Crippen MR) is 56.2 cm³/mol. The molecule has 0 amide bonds. The Morgan fingerprint density at radius 1 is 1.50 bits per heavy atom. The van der Waals surface area contributed by atoms with Gasteiger partial charge in [-0.25, -0.2) is 9.89 Å². The van der Waals surface area contributed by atoms with Crippen LogP contribution in [0.2, 0.25) is 0 Å². The Kier molecular flexibility index (Phi) is 2.59. The van der Waals surface area contributed by atoms with E-state index < -0.39 is 11.2 Å². The van der Waals surface area contributed by atoms with E-state index in [2.05, 4.69) is 20.5 Å². The average Bonchev–Trinajstić information content (AvgIpc) is 2.75. The topological polar surface area (TPSA) is 104 Å². The zero-order valence-corrected chi connectivity index (χ0v) is 8.48. The number of hydrogen-bond donors (Lipinski definition) is 3. The summed E-state index contributed by atoms with van der Waals surface area (Å²) in [5, 5.41) is 8.55. The molecule has 3 N–H and O–H groups in total. The first-order chi connectivity index (χ1) is 7.66. The van der Waals surface area contributed by atoms with Crippen LogP contribution in [0.25, 0.3) is 0 Å². The Morgan fingerprint density at radius 3 is 2.94 bits per heavy atom. The van der Waals surface area contributed by atoms with Crippen molar-refractivity contribution in [3.8, 4) is 0 Å². The fraction of sp³-hybridized carbons (Fsp3) is 0.222. The minimum absolute atomic E-state index is 0.0449. The van der Waals surface area contributed by atoms with Gasteiger partial charge in [-0.05, 0) is 19.1 Å². The van der Waals surface area contributed by atoms with Crippen molar-refractivity contribution in [1.82, 2.24) is 15.2 Å². The maximum absolute atomic E-state index is 11.3. The van der Waals surface area contributed by atoms with Gasteiger partial charge in [0, 0.05) is 0 Å². The molecule has 2 heterocycles. The van der Waals surface area contributed by atoms with Gasteiger partial charge in [-0.2, -0.15) is 0 Å². The van der Waals surface area contributed by atoms with Gasteiger partial charge in [0.2, 0.25) is 5.82 Å². The van der Waals surface area contributed by atoms with Crippen LogP contribution >= 0.6 is 0 Å². The molecular formula is C9H10N4O3. The molecule has 0 bridgehead atoms. The van der Waals surface area contributed by atoms with Crippen LogP contribution in [0.15, 0.2) is 32.4 Å². The highest BCUT2D eigenvalue weighted by Gasteiger charge is 2.10. The first-order valence-electron chi connectivity index (χ1n) is 4.66. The minimum atomic E-state index is -0.638. The third-order valence-electron chi connectivity index (χ3n) is 2.03. The molecule has 7 nitrogen and oxygen atoms in total. The van der Waals surface area contributed by atoms with Crippen LogP contribution in [0, 0.1) is 0 Å². The van der Waals surface area contributed by atoms with Crippen LogP contribution in [0.3, 0.4) is 0 Å². The lowest BCUT2D eigenvalue weighted by Gasteiger charge is -2.09. The number of H-pyrrole nitrogens is 2. The summed E-state index contributed by atoms with van der Waals surface area (Å²) in [7, 11) is 0. The number of rotatable bonds is 3. The monoisotopic (exact) mass is 222 g/mol. The van der Waals surface area contributed by atoms with Crippen molar-refractivity contribution in [2.45, 2.75) is 13.0 Å². The molecule has 1 unspecified atom stereocenters. The third kappa shape index (κ3) is 2.02. The van der Waals surface area contributed by atoms with Gasteiger partial charge in [0.1, 0.15) is 5.76 Å². The molecule has 0 aliphatic heterocycles. The molecule has 1 atom stereocenters. The normalized spacial score (nSPS) is 12.3. The Balaban J connectivity index is 2.21. The molecule has 84 valence electrons. The van der Waals surface area contributed by atoms with E-state index in [4.69, 9.17) is 4.42 Å². The average molecular weight is 222 g/mol. The lowest BCUT2D eigenvalue weighted by molar-refractivity contribution is 0.489. The van der Waals surface area contributed by atoms with E-state index in [0.717, 1.165) is 0 Å². The van der Waals surface area contributed by atoms with Crippen molar-refractivity contribution in [1.29, 1.82) is 0 Å². The van der Waals surface area contributed by atoms with Gasteiger partial charge in [0.15, 0.2) is 0 Å². The SMILES string of the molecule is CC(Nc1n[nH]c(=O)[nH]c1=O)c1ccco1. The summed E-state index contributed by atoms with van der Waals surface area (Å²) in [6, 6.07) is 3.31. The number of furan rings is 1. The van der Waals surface area contributed by atoms with E-state index in [1.807, 2.05) is 6.92 Å². The van der Waals surface area contributed by atoms with Crippen molar-refractivity contribution in [3.63, 3.8) is 0 Å². The van der Waals surface area contributed by atoms with Gasteiger partial charge in [0.25, 0.3) is 5.56 Å². The van der Waals surface area contributed by atoms with Gasteiger partial charge >= 0.3 is 5.69 Å². The van der Waals surface area contributed by atoms with Crippen LogP contribution in [0.1, 0.15) is 18.7 Å². The van der Waals surface area contributed by atoms with Crippen LogP contribution in [-0.4, -0.2) is 15.2 Å². The first kappa shape index (κ1) is 10.2. The third-order valence-corrected chi connectivity index (χ3v) is 2.03. The molecule has 7 heteroatoms. The fourth-order valence-corrected chi connectivity index (χ4v) is 1.26. The van der Waals surface area contributed by atoms with Gasteiger partial charge in [-0.3, -0.25) is 9.78 Å². The van der Waals surface area contributed by atoms with Crippen LogP contribution in [0.5, 0.6) is 0 Å². The van der Waals surface area contributed by atoms with E-state index >= 15 is 0 Å². The van der Waals surface area contributed by atoms with Crippen molar-refractivity contribution >= 4 is 5.82 Å². The van der Waals surface area contributed by atoms with Crippen molar-refractivity contribution < 1.29 is 4.42 Å². The summed E-state index contributed by atoms with van der Waals surface area (Å²) in [5.41, 5.74) is -1.21. The quantitative estimate of drug-likeness (QED) is 0.689. The number of hydrogen-bond acceptors (Lipinski definition) is 5. The predicted octanol–water partition coefficient (Wildman–Crippen LogP) is 0.224. The van der Waals surface area contributed by atoms with E-state index in [-0.39, 0.29) is 11.9 Å². The molecular weight excluding hydrogens is 212 g/mol. The van der Waals surface area contributed by atoms with Crippen molar-refractivity contribution in [2.75, 3.05) is 5.32 Å². The van der Waals surface area contributed by atoms with Gasteiger partial charge < -0.3 is 9.73 Å². The second-order valence-corrected chi connectivity index (χ2v) is 3.24. The molecule has 0 aromatic carbocycles. The van der Waals surface area contributed by atoms with E-state index in [9.17, 15) is 9.59 Å². The highest BCUT2D eigenvalue weighted by atomic mass is 16.3. The standard InChI is InChI=1S/C9H10N4O3/c1-5(6-3-2-4-16-6)10-7-8(14)11-9(15)13-12-7/h2-5H,1H3,(H,10,12)(H2,11,13,14,15). The number of aromatic nitrogens is 3. The highest BCUT2D eigenvalue weighted by molar-refractivity contribution is 5.31. The lowest BCUT2D eigenvalue weighted by atomic mass is 10.2. The minimum Gasteiger partial charge on any atom is -0.467 e. The lowest BCUT2D eigenvalue weighted by Crippen LogP contribution is -2.27. The molecule has 0 saturated carbocycles. The largest absolute Gasteiger partial charge is 0.467 e. The number of anilines is 1. The zero-order chi connectivity index (χ0) is 11.5. The number of nitrogens with one attached hydrogen (secondary N) is 3. The van der Waals surface area contributed by atoms with Crippen molar-refractivity contribution in [3.05, 3.63) is 45.0 Å². The van der Waals surface area contributed by atoms with E-state index in [1.165, 1.54) is 6.26 Å². The van der Waals surface area contributed by atoms with Crippen molar-refractivity contribution in [2.24, 2.45) is 0 Å². The Morgan fingerprint density at radius 2 is 2.31 bits per heavy atom. The second-order valence-electron chi connectivity index (χ2n) is 3.24. The van der Waals surface area contributed by atoms with Gasteiger partial charge in [-0.15, -0.1) is 5.10 Å². The summed E-state index contributed by atoms with van der Waals surface area (Å²) in [6.45, 7) is 1.81. The highest BCUT2D eigenvalue weighted by Crippen LogP contribution is 2.15. The molecule has 2 aromatic rings. The Labute approximate surface area is 89.5 Å². The van der Waals surface area contributed by atoms with Crippen LogP contribution in [-0.2, 0) is 0 Å². The molecule has 16 heavy (non-hydrogen) atoms. The molecule has 2 aromatic heterocycles. The van der Waals surface area contributed by atoms with Gasteiger partial charge in [0.05, 0.1) is 12.3 Å². The van der Waals surface area contributed by atoms with E-state index in [0.29, 0.717) is 5.76 Å². The Hall–Kier alpha value is -2.31.